The van der Waals surface area contributed by atoms with Gasteiger partial charge in [0.2, 0.25) is 0 Å². The summed E-state index contributed by atoms with van der Waals surface area (Å²) in [6, 6.07) is 4.23. The van der Waals surface area contributed by atoms with Gasteiger partial charge >= 0.3 is 0 Å². The van der Waals surface area contributed by atoms with Crippen molar-refractivity contribution in [1.29, 1.82) is 0 Å². The minimum absolute atomic E-state index is 0.00346. The molecule has 1 aromatic rings. The number of nitrogens with two attached hydrogens (primary N) is 1. The van der Waals surface area contributed by atoms with E-state index in [1.165, 1.54) is 12.1 Å². The largest absolute Gasteiger partial charge is 0.481 e. The predicted octanol–water partition coefficient (Wildman–Crippen LogP) is 1.51. The number of hydrogen-bond donors (Lipinski definition) is 2. The maximum atomic E-state index is 13.7. The van der Waals surface area contributed by atoms with E-state index in [1.807, 2.05) is 0 Å². The zero-order chi connectivity index (χ0) is 13.8. The smallest absolute Gasteiger partial charge is 0.261 e. The van der Waals surface area contributed by atoms with Gasteiger partial charge in [-0.05, 0) is 31.4 Å². The van der Waals surface area contributed by atoms with Gasteiger partial charge in [-0.3, -0.25) is 4.79 Å². The molecule has 0 saturated carbocycles. The van der Waals surface area contributed by atoms with Crippen LogP contribution in [0.25, 0.3) is 0 Å². The Kier molecular flexibility index (Phi) is 4.31. The Morgan fingerprint density at radius 2 is 2.26 bits per heavy atom. The van der Waals surface area contributed by atoms with Crippen LogP contribution in [0.15, 0.2) is 18.2 Å². The molecule has 2 rings (SSSR count). The maximum absolute atomic E-state index is 13.7. The van der Waals surface area contributed by atoms with E-state index in [0.29, 0.717) is 18.7 Å². The first-order chi connectivity index (χ1) is 9.08. The molecule has 0 aromatic heterocycles. The standard InChI is InChI=1S/C13H15FN2O2S/c14-10-7-8(4-5-9(10)12(15)19)18-11-3-1-2-6-16-13(11)17/h4-5,7,11H,1-3,6H2,(H2,15,19)(H,16,17). The van der Waals surface area contributed by atoms with Crippen LogP contribution < -0.4 is 15.8 Å². The fourth-order valence-electron chi connectivity index (χ4n) is 1.96. The highest BCUT2D eigenvalue weighted by Crippen LogP contribution is 2.20. The second kappa shape index (κ2) is 5.97. The van der Waals surface area contributed by atoms with Crippen LogP contribution >= 0.6 is 12.2 Å². The van der Waals surface area contributed by atoms with E-state index < -0.39 is 11.9 Å². The van der Waals surface area contributed by atoms with Gasteiger partial charge in [0.05, 0.1) is 0 Å². The summed E-state index contributed by atoms with van der Waals surface area (Å²) in [5.74, 6) is -0.394. The van der Waals surface area contributed by atoms with E-state index in [9.17, 15) is 9.18 Å². The third kappa shape index (κ3) is 3.41. The number of thiocarbonyl (C=S) groups is 1. The number of ether oxygens (including phenoxy) is 1. The Balaban J connectivity index is 2.12. The Labute approximate surface area is 116 Å². The third-order valence-electron chi connectivity index (χ3n) is 2.97. The molecule has 19 heavy (non-hydrogen) atoms. The Hall–Kier alpha value is -1.69. The first kappa shape index (κ1) is 13.7. The van der Waals surface area contributed by atoms with Crippen LogP contribution in [-0.4, -0.2) is 23.5 Å². The lowest BCUT2D eigenvalue weighted by Gasteiger charge is -2.16. The predicted molar refractivity (Wildman–Crippen MR) is 73.6 cm³/mol. The highest BCUT2D eigenvalue weighted by molar-refractivity contribution is 7.80. The monoisotopic (exact) mass is 282 g/mol. The Morgan fingerprint density at radius 1 is 1.47 bits per heavy atom. The molecular formula is C13H15FN2O2S. The minimum atomic E-state index is -0.572. The van der Waals surface area contributed by atoms with Gasteiger partial charge in [-0.25, -0.2) is 4.39 Å². The summed E-state index contributed by atoms with van der Waals surface area (Å²) in [7, 11) is 0. The highest BCUT2D eigenvalue weighted by Gasteiger charge is 2.22. The van der Waals surface area contributed by atoms with E-state index in [0.717, 1.165) is 12.8 Å². The molecule has 1 fully saturated rings. The summed E-state index contributed by atoms with van der Waals surface area (Å²) >= 11 is 4.72. The zero-order valence-corrected chi connectivity index (χ0v) is 11.1. The molecule has 0 spiro atoms. The molecule has 102 valence electrons. The molecule has 1 heterocycles. The van der Waals surface area contributed by atoms with Crippen molar-refractivity contribution in [3.63, 3.8) is 0 Å². The third-order valence-corrected chi connectivity index (χ3v) is 3.19. The molecule has 0 radical (unpaired) electrons. The lowest BCUT2D eigenvalue weighted by atomic mass is 10.1. The number of rotatable bonds is 3. The quantitative estimate of drug-likeness (QED) is 0.825. The van der Waals surface area contributed by atoms with Crippen LogP contribution in [0.1, 0.15) is 24.8 Å². The molecule has 4 nitrogen and oxygen atoms in total. The van der Waals surface area contributed by atoms with Gasteiger partial charge in [0.15, 0.2) is 6.10 Å². The average molecular weight is 282 g/mol. The van der Waals surface area contributed by atoms with Crippen molar-refractivity contribution in [2.75, 3.05) is 6.54 Å². The molecule has 1 amide bonds. The molecule has 0 aliphatic carbocycles. The molecule has 1 saturated heterocycles. The van der Waals surface area contributed by atoms with Crippen molar-refractivity contribution in [3.05, 3.63) is 29.6 Å². The topological polar surface area (TPSA) is 64.3 Å². The van der Waals surface area contributed by atoms with Crippen molar-refractivity contribution in [3.8, 4) is 5.75 Å². The maximum Gasteiger partial charge on any atom is 0.261 e. The SMILES string of the molecule is NC(=S)c1ccc(OC2CCCCNC2=O)cc1F. The second-order valence-electron chi connectivity index (χ2n) is 4.40. The van der Waals surface area contributed by atoms with Gasteiger partial charge in [0.25, 0.3) is 5.91 Å². The van der Waals surface area contributed by atoms with Gasteiger partial charge in [-0.2, -0.15) is 0 Å². The lowest BCUT2D eigenvalue weighted by Crippen LogP contribution is -2.36. The number of amides is 1. The molecule has 1 atom stereocenters. The normalized spacial score (nSPS) is 19.4. The van der Waals surface area contributed by atoms with Crippen LogP contribution in [0.3, 0.4) is 0 Å². The van der Waals surface area contributed by atoms with E-state index in [-0.39, 0.29) is 16.5 Å². The van der Waals surface area contributed by atoms with Crippen LogP contribution in [-0.2, 0) is 4.79 Å². The molecule has 3 N–H and O–H groups in total. The number of carbonyl (C=O) groups is 1. The summed E-state index contributed by atoms with van der Waals surface area (Å²) in [4.78, 5) is 11.7. The van der Waals surface area contributed by atoms with E-state index in [2.05, 4.69) is 5.32 Å². The van der Waals surface area contributed by atoms with Crippen molar-refractivity contribution in [2.45, 2.75) is 25.4 Å². The molecule has 1 aromatic carbocycles. The first-order valence-corrected chi connectivity index (χ1v) is 6.52. The minimum Gasteiger partial charge on any atom is -0.481 e. The first-order valence-electron chi connectivity index (χ1n) is 6.11. The average Bonchev–Trinajstić information content (AvgIpc) is 2.55. The second-order valence-corrected chi connectivity index (χ2v) is 4.84. The van der Waals surface area contributed by atoms with E-state index in [4.69, 9.17) is 22.7 Å². The van der Waals surface area contributed by atoms with Gasteiger partial charge in [0.1, 0.15) is 16.6 Å². The number of hydrogen-bond acceptors (Lipinski definition) is 3. The van der Waals surface area contributed by atoms with Gasteiger partial charge in [-0.15, -0.1) is 0 Å². The summed E-state index contributed by atoms with van der Waals surface area (Å²) in [5, 5.41) is 2.76. The summed E-state index contributed by atoms with van der Waals surface area (Å²) < 4.78 is 19.2. The van der Waals surface area contributed by atoms with Crippen LogP contribution in [0.5, 0.6) is 5.75 Å². The number of nitrogens with one attached hydrogen (secondary N) is 1. The number of benzene rings is 1. The Morgan fingerprint density at radius 3 is 2.95 bits per heavy atom. The van der Waals surface area contributed by atoms with Gasteiger partial charge < -0.3 is 15.8 Å². The molecular weight excluding hydrogens is 267 g/mol. The molecule has 1 unspecified atom stereocenters. The number of halogens is 1. The van der Waals surface area contributed by atoms with Crippen molar-refractivity contribution >= 4 is 23.1 Å². The summed E-state index contributed by atoms with van der Waals surface area (Å²) in [6.45, 7) is 0.660. The van der Waals surface area contributed by atoms with E-state index >= 15 is 0 Å². The Bertz CT molecular complexity index is 507. The zero-order valence-electron chi connectivity index (χ0n) is 10.3. The van der Waals surface area contributed by atoms with Crippen molar-refractivity contribution in [2.24, 2.45) is 5.73 Å². The van der Waals surface area contributed by atoms with E-state index in [1.54, 1.807) is 6.07 Å². The van der Waals surface area contributed by atoms with Crippen LogP contribution in [0.4, 0.5) is 4.39 Å². The fourth-order valence-corrected chi connectivity index (χ4v) is 2.12. The summed E-state index contributed by atoms with van der Waals surface area (Å²) in [6.07, 6.45) is 1.89. The van der Waals surface area contributed by atoms with Crippen LogP contribution in [0, 0.1) is 5.82 Å². The molecule has 6 heteroatoms. The van der Waals surface area contributed by atoms with Crippen molar-refractivity contribution < 1.29 is 13.9 Å². The lowest BCUT2D eigenvalue weighted by molar-refractivity contribution is -0.127. The highest BCUT2D eigenvalue weighted by atomic mass is 32.1. The molecule has 0 bridgehead atoms. The molecule has 1 aliphatic rings. The number of carbonyl (C=O) groups excluding carboxylic acids is 1. The van der Waals surface area contributed by atoms with Crippen molar-refractivity contribution in [1.82, 2.24) is 5.32 Å². The van der Waals surface area contributed by atoms with Crippen LogP contribution in [0.2, 0.25) is 0 Å². The fraction of sp³-hybridized carbons (Fsp3) is 0.385. The van der Waals surface area contributed by atoms with Gasteiger partial charge in [-0.1, -0.05) is 12.2 Å². The molecule has 1 aliphatic heterocycles. The summed E-state index contributed by atoms with van der Waals surface area (Å²) in [5.41, 5.74) is 5.55. The van der Waals surface area contributed by atoms with Gasteiger partial charge in [0, 0.05) is 18.2 Å².